The Hall–Kier alpha value is -0.617. The largest absolute Gasteiger partial charge is 0.147 e. The maximum Gasteiger partial charge on any atom is -0.147 e. The Balaban J connectivity index is 0.00000105. The molecule has 3 heteroatoms. The number of aryl methyl sites for hydroxylation is 2. The first-order valence-electron chi connectivity index (χ1n) is 9.58. The second-order valence-corrected chi connectivity index (χ2v) is 19.9. The maximum absolute atomic E-state index is 2.51. The molecule has 2 aliphatic carbocycles. The van der Waals surface area contributed by atoms with Crippen LogP contribution in [-0.4, -0.2) is 0 Å². The van der Waals surface area contributed by atoms with E-state index < -0.39 is 20.3 Å². The Morgan fingerprint density at radius 3 is 1.44 bits per heavy atom. The van der Waals surface area contributed by atoms with Gasteiger partial charge in [-0.2, -0.15) is 0 Å². The third-order valence-corrected chi connectivity index (χ3v) is 20.5. The molecule has 5 rings (SSSR count). The molecule has 0 radical (unpaired) electrons. The number of rotatable bonds is 2. The predicted octanol–water partition coefficient (Wildman–Crippen LogP) is 7.77. The molecule has 0 saturated carbocycles. The Bertz CT molecular complexity index is 891. The molecule has 142 valence electrons. The van der Waals surface area contributed by atoms with E-state index in [1.807, 2.05) is 0 Å². The van der Waals surface area contributed by atoms with E-state index in [-0.39, 0.29) is 24.8 Å². The van der Waals surface area contributed by atoms with Gasteiger partial charge in [0.2, 0.25) is 0 Å². The van der Waals surface area contributed by atoms with Crippen LogP contribution in [0.1, 0.15) is 54.5 Å². The van der Waals surface area contributed by atoms with Crippen LogP contribution < -0.4 is 0 Å². The zero-order chi connectivity index (χ0) is 17.3. The van der Waals surface area contributed by atoms with E-state index in [0.717, 1.165) is 7.25 Å². The van der Waals surface area contributed by atoms with Crippen LogP contribution in [0, 0.1) is 13.8 Å². The molecule has 2 aromatic carbocycles. The summed E-state index contributed by atoms with van der Waals surface area (Å²) in [6, 6.07) is 14.0. The zero-order valence-corrected chi connectivity index (χ0v) is 20.6. The van der Waals surface area contributed by atoms with E-state index in [9.17, 15) is 0 Å². The summed E-state index contributed by atoms with van der Waals surface area (Å²) in [5, 5.41) is 0. The molecule has 0 bridgehead atoms. The van der Waals surface area contributed by atoms with Crippen molar-refractivity contribution in [2.45, 2.75) is 43.2 Å². The normalized spacial score (nSPS) is 23.4. The third-order valence-electron chi connectivity index (χ3n) is 6.97. The maximum atomic E-state index is 2.51. The van der Waals surface area contributed by atoms with Crippen LogP contribution in [-0.2, 0) is 20.3 Å². The zero-order valence-electron chi connectivity index (χ0n) is 16.5. The molecule has 2 atom stereocenters. The van der Waals surface area contributed by atoms with Crippen molar-refractivity contribution >= 4 is 37.0 Å². The summed E-state index contributed by atoms with van der Waals surface area (Å²) >= 11 is -2.31. The molecule has 0 aromatic heterocycles. The molecule has 0 spiro atoms. The molecule has 2 aromatic rings. The van der Waals surface area contributed by atoms with Crippen molar-refractivity contribution in [1.29, 1.82) is 0 Å². The summed E-state index contributed by atoms with van der Waals surface area (Å²) in [4.78, 5) is 0. The Labute approximate surface area is 180 Å². The van der Waals surface area contributed by atoms with E-state index in [2.05, 4.69) is 76.2 Å². The molecule has 2 unspecified atom stereocenters. The minimum absolute atomic E-state index is 0. The number of halogens is 2. The smallest absolute Gasteiger partial charge is 0.147 e. The minimum atomic E-state index is -2.31. The second-order valence-electron chi connectivity index (χ2n) is 8.53. The molecule has 1 saturated heterocycles. The van der Waals surface area contributed by atoms with Crippen LogP contribution in [0.25, 0.3) is 12.2 Å². The monoisotopic (exact) mass is 476 g/mol. The summed E-state index contributed by atoms with van der Waals surface area (Å²) < 4.78 is 4.70. The minimum Gasteiger partial charge on any atom is -0.147 e. The van der Waals surface area contributed by atoms with E-state index in [0.29, 0.717) is 0 Å². The van der Waals surface area contributed by atoms with Crippen molar-refractivity contribution in [1.82, 2.24) is 0 Å². The van der Waals surface area contributed by atoms with E-state index in [1.165, 1.54) is 22.3 Å². The third kappa shape index (κ3) is 2.97. The van der Waals surface area contributed by atoms with Crippen LogP contribution in [0.15, 0.2) is 47.5 Å². The number of hydrogen-bond donors (Lipinski definition) is 0. The quantitative estimate of drug-likeness (QED) is 0.414. The Kier molecular flexibility index (Phi) is 5.73. The summed E-state index contributed by atoms with van der Waals surface area (Å²) in [5.74, 6) is 0. The number of allylic oxidation sites excluding steroid dienone is 2. The first-order chi connectivity index (χ1) is 12.0. The molecular formula is C24H28Cl2Zr. The van der Waals surface area contributed by atoms with Crippen molar-refractivity contribution in [3.63, 3.8) is 0 Å². The van der Waals surface area contributed by atoms with Crippen LogP contribution >= 0.6 is 24.8 Å². The molecule has 1 heterocycles. The van der Waals surface area contributed by atoms with Gasteiger partial charge >= 0.3 is 157 Å². The summed E-state index contributed by atoms with van der Waals surface area (Å²) in [7, 11) is 0. The van der Waals surface area contributed by atoms with Gasteiger partial charge < -0.3 is 0 Å². The van der Waals surface area contributed by atoms with Gasteiger partial charge in [0.15, 0.2) is 0 Å². The van der Waals surface area contributed by atoms with Gasteiger partial charge in [0.1, 0.15) is 0 Å². The predicted molar refractivity (Wildman–Crippen MR) is 119 cm³/mol. The summed E-state index contributed by atoms with van der Waals surface area (Å²) in [5.41, 5.74) is 12.6. The van der Waals surface area contributed by atoms with Crippen molar-refractivity contribution in [3.8, 4) is 0 Å². The fraction of sp³-hybridized carbons (Fsp3) is 0.333. The van der Waals surface area contributed by atoms with Gasteiger partial charge in [-0.25, -0.2) is 0 Å². The van der Waals surface area contributed by atoms with Crippen molar-refractivity contribution < 1.29 is 20.3 Å². The number of hydrogen-bond acceptors (Lipinski definition) is 0. The topological polar surface area (TPSA) is 0 Å². The van der Waals surface area contributed by atoms with Crippen LogP contribution in [0.4, 0.5) is 0 Å². The molecule has 0 N–H and O–H groups in total. The Morgan fingerprint density at radius 1 is 0.667 bits per heavy atom. The van der Waals surface area contributed by atoms with E-state index in [4.69, 9.17) is 0 Å². The van der Waals surface area contributed by atoms with Crippen LogP contribution in [0.5, 0.6) is 0 Å². The number of fused-ring (bicyclic) bond motifs is 2. The average molecular weight is 479 g/mol. The van der Waals surface area contributed by atoms with E-state index >= 15 is 0 Å². The molecule has 1 fully saturated rings. The van der Waals surface area contributed by atoms with Gasteiger partial charge in [-0.05, 0) is 0 Å². The average Bonchev–Trinajstić information content (AvgIpc) is 3.15. The fourth-order valence-corrected chi connectivity index (χ4v) is 23.5. The molecule has 3 aliphatic rings. The van der Waals surface area contributed by atoms with Gasteiger partial charge in [-0.1, -0.05) is 0 Å². The van der Waals surface area contributed by atoms with Gasteiger partial charge in [0.05, 0.1) is 0 Å². The standard InChI is InChI=1S/2C11H11.C2H4.2ClH.Zr/c2*1-8-6-10-5-3-4-9(2)11(10)7-8;1-2;;;/h2*3-7H,1-2H3;1-2H2;2*1H;. The first-order valence-corrected chi connectivity index (χ1v) is 15.9. The van der Waals surface area contributed by atoms with Crippen molar-refractivity contribution in [2.75, 3.05) is 0 Å². The first kappa shape index (κ1) is 21.1. The van der Waals surface area contributed by atoms with E-state index in [1.54, 1.807) is 30.5 Å². The SMILES string of the molecule is CC1=Cc2c(C)cccc2[CH]1[Zr]1([CH]2C(C)=Cc3c(C)cccc32)[CH2][CH2]1.Cl.Cl. The molecule has 0 amide bonds. The molecular weight excluding hydrogens is 450 g/mol. The van der Waals surface area contributed by atoms with Gasteiger partial charge in [0.25, 0.3) is 0 Å². The van der Waals surface area contributed by atoms with Crippen LogP contribution in [0.3, 0.4) is 0 Å². The van der Waals surface area contributed by atoms with Crippen molar-refractivity contribution in [2.24, 2.45) is 0 Å². The van der Waals surface area contributed by atoms with Gasteiger partial charge in [0, 0.05) is 0 Å². The van der Waals surface area contributed by atoms with Gasteiger partial charge in [-0.3, -0.25) is 0 Å². The Morgan fingerprint density at radius 2 is 1.07 bits per heavy atom. The van der Waals surface area contributed by atoms with Gasteiger partial charge in [-0.15, -0.1) is 24.8 Å². The summed E-state index contributed by atoms with van der Waals surface area (Å²) in [6.45, 7) is 9.37. The van der Waals surface area contributed by atoms with Crippen molar-refractivity contribution in [3.05, 3.63) is 80.9 Å². The molecule has 0 nitrogen and oxygen atoms in total. The molecule has 27 heavy (non-hydrogen) atoms. The number of benzene rings is 2. The fourth-order valence-electron chi connectivity index (χ4n) is 5.83. The summed E-state index contributed by atoms with van der Waals surface area (Å²) in [6.07, 6.45) is 5.02. The van der Waals surface area contributed by atoms with Crippen LogP contribution in [0.2, 0.25) is 8.26 Å². The molecule has 1 aliphatic heterocycles. The second kappa shape index (κ2) is 7.33.